The fraction of sp³-hybridized carbons (Fsp3) is 0.158. The van der Waals surface area contributed by atoms with Crippen molar-refractivity contribution in [2.24, 2.45) is 0 Å². The highest BCUT2D eigenvalue weighted by Gasteiger charge is 2.10. The molecule has 3 aromatic rings. The second-order valence-corrected chi connectivity index (χ2v) is 6.41. The summed E-state index contributed by atoms with van der Waals surface area (Å²) in [6.45, 7) is 2.76. The molecule has 0 spiro atoms. The lowest BCUT2D eigenvalue weighted by Crippen LogP contribution is -2.20. The van der Waals surface area contributed by atoms with Crippen LogP contribution in [0, 0.1) is 0 Å². The Labute approximate surface area is 157 Å². The molecule has 0 atom stereocenters. The number of nitrogens with one attached hydrogen (secondary N) is 2. The standard InChI is InChI=1S/C19H19ClN4S/c1-2-15-10-6-7-11-17(15)21-19(25)22-18-16(20)13-24(23-18)12-14-8-4-3-5-9-14/h3-11,13H,2,12H2,1H3,(H2,21,22,23,25). The Morgan fingerprint density at radius 3 is 2.56 bits per heavy atom. The van der Waals surface area contributed by atoms with E-state index in [1.165, 1.54) is 5.56 Å². The Morgan fingerprint density at radius 2 is 1.80 bits per heavy atom. The van der Waals surface area contributed by atoms with E-state index in [1.807, 2.05) is 36.4 Å². The summed E-state index contributed by atoms with van der Waals surface area (Å²) in [6.07, 6.45) is 2.72. The van der Waals surface area contributed by atoms with E-state index in [9.17, 15) is 0 Å². The van der Waals surface area contributed by atoms with Gasteiger partial charge >= 0.3 is 0 Å². The Balaban J connectivity index is 1.67. The van der Waals surface area contributed by atoms with Crippen LogP contribution in [0.2, 0.25) is 5.02 Å². The topological polar surface area (TPSA) is 41.9 Å². The summed E-state index contributed by atoms with van der Waals surface area (Å²) in [6, 6.07) is 18.2. The first-order valence-corrected chi connectivity index (χ1v) is 8.87. The van der Waals surface area contributed by atoms with E-state index in [-0.39, 0.29) is 0 Å². The van der Waals surface area contributed by atoms with Crippen molar-refractivity contribution < 1.29 is 0 Å². The van der Waals surface area contributed by atoms with Gasteiger partial charge in [-0.2, -0.15) is 5.10 Å². The molecule has 3 rings (SSSR count). The van der Waals surface area contributed by atoms with Crippen molar-refractivity contribution in [2.75, 3.05) is 10.6 Å². The van der Waals surface area contributed by atoms with E-state index in [0.717, 1.165) is 17.7 Å². The van der Waals surface area contributed by atoms with Gasteiger partial charge in [0.15, 0.2) is 10.9 Å². The van der Waals surface area contributed by atoms with Crippen LogP contribution in [-0.2, 0) is 13.0 Å². The van der Waals surface area contributed by atoms with Gasteiger partial charge in [0.25, 0.3) is 0 Å². The van der Waals surface area contributed by atoms with E-state index < -0.39 is 0 Å². The van der Waals surface area contributed by atoms with E-state index in [1.54, 1.807) is 10.9 Å². The molecular formula is C19H19ClN4S. The van der Waals surface area contributed by atoms with Gasteiger partial charge in [-0.15, -0.1) is 0 Å². The zero-order valence-corrected chi connectivity index (χ0v) is 15.4. The number of anilines is 2. The molecule has 25 heavy (non-hydrogen) atoms. The predicted molar refractivity (Wildman–Crippen MR) is 108 cm³/mol. The average Bonchev–Trinajstić information content (AvgIpc) is 2.95. The Kier molecular flexibility index (Phi) is 5.68. The van der Waals surface area contributed by atoms with E-state index in [4.69, 9.17) is 23.8 Å². The SMILES string of the molecule is CCc1ccccc1NC(=S)Nc1nn(Cc2ccccc2)cc1Cl. The lowest BCUT2D eigenvalue weighted by atomic mass is 10.1. The minimum Gasteiger partial charge on any atom is -0.332 e. The first kappa shape index (κ1) is 17.5. The molecule has 0 fully saturated rings. The molecule has 2 N–H and O–H groups in total. The maximum absolute atomic E-state index is 6.28. The summed E-state index contributed by atoms with van der Waals surface area (Å²) in [5.74, 6) is 0.545. The largest absolute Gasteiger partial charge is 0.332 e. The normalized spacial score (nSPS) is 10.5. The molecule has 1 aromatic heterocycles. The van der Waals surface area contributed by atoms with Crippen molar-refractivity contribution in [3.05, 3.63) is 76.9 Å². The molecule has 2 aromatic carbocycles. The number of hydrogen-bond donors (Lipinski definition) is 2. The molecule has 128 valence electrons. The van der Waals surface area contributed by atoms with Gasteiger partial charge in [0.05, 0.1) is 6.54 Å². The molecular weight excluding hydrogens is 352 g/mol. The summed E-state index contributed by atoms with van der Waals surface area (Å²) in [7, 11) is 0. The van der Waals surface area contributed by atoms with E-state index in [2.05, 4.69) is 40.9 Å². The minimum absolute atomic E-state index is 0.466. The van der Waals surface area contributed by atoms with Crippen LogP contribution < -0.4 is 10.6 Å². The smallest absolute Gasteiger partial charge is 0.176 e. The molecule has 0 aliphatic heterocycles. The molecule has 0 unspecified atom stereocenters. The van der Waals surface area contributed by atoms with Crippen LogP contribution in [0.25, 0.3) is 0 Å². The summed E-state index contributed by atoms with van der Waals surface area (Å²) in [5.41, 5.74) is 3.35. The van der Waals surface area contributed by atoms with Crippen molar-refractivity contribution >= 4 is 40.4 Å². The summed E-state index contributed by atoms with van der Waals surface area (Å²) in [4.78, 5) is 0. The van der Waals surface area contributed by atoms with Gasteiger partial charge in [-0.25, -0.2) is 0 Å². The Bertz CT molecular complexity index is 861. The summed E-state index contributed by atoms with van der Waals surface area (Å²) in [5, 5.41) is 11.8. The molecule has 0 radical (unpaired) electrons. The van der Waals surface area contributed by atoms with Crippen LogP contribution in [0.3, 0.4) is 0 Å². The van der Waals surface area contributed by atoms with E-state index in [0.29, 0.717) is 22.5 Å². The highest BCUT2D eigenvalue weighted by molar-refractivity contribution is 7.80. The van der Waals surface area contributed by atoms with Gasteiger partial charge < -0.3 is 10.6 Å². The molecule has 0 aliphatic carbocycles. The molecule has 1 heterocycles. The van der Waals surface area contributed by atoms with Crippen molar-refractivity contribution in [2.45, 2.75) is 19.9 Å². The minimum atomic E-state index is 0.466. The fourth-order valence-electron chi connectivity index (χ4n) is 2.54. The molecule has 0 aliphatic rings. The summed E-state index contributed by atoms with van der Waals surface area (Å²) >= 11 is 11.7. The predicted octanol–water partition coefficient (Wildman–Crippen LogP) is 4.96. The average molecular weight is 371 g/mol. The van der Waals surface area contributed by atoms with Crippen molar-refractivity contribution in [1.29, 1.82) is 0 Å². The number of aromatic nitrogens is 2. The number of thiocarbonyl (C=S) groups is 1. The number of aryl methyl sites for hydroxylation is 1. The number of hydrogen-bond acceptors (Lipinski definition) is 2. The molecule has 6 heteroatoms. The van der Waals surface area contributed by atoms with Gasteiger partial charge in [0, 0.05) is 11.9 Å². The lowest BCUT2D eigenvalue weighted by Gasteiger charge is -2.12. The molecule has 0 bridgehead atoms. The van der Waals surface area contributed by atoms with Gasteiger partial charge in [0.1, 0.15) is 5.02 Å². The first-order chi connectivity index (χ1) is 12.2. The third kappa shape index (κ3) is 4.59. The van der Waals surface area contributed by atoms with Gasteiger partial charge in [-0.3, -0.25) is 4.68 Å². The van der Waals surface area contributed by atoms with Crippen LogP contribution in [0.4, 0.5) is 11.5 Å². The first-order valence-electron chi connectivity index (χ1n) is 8.08. The van der Waals surface area contributed by atoms with Crippen LogP contribution in [0.1, 0.15) is 18.1 Å². The zero-order valence-electron chi connectivity index (χ0n) is 13.9. The third-order valence-electron chi connectivity index (χ3n) is 3.78. The molecule has 0 amide bonds. The number of nitrogens with zero attached hydrogens (tertiary/aromatic N) is 2. The molecule has 0 saturated heterocycles. The number of halogens is 1. The summed E-state index contributed by atoms with van der Waals surface area (Å²) < 4.78 is 1.79. The third-order valence-corrected chi connectivity index (χ3v) is 4.26. The highest BCUT2D eigenvalue weighted by Crippen LogP contribution is 2.21. The van der Waals surface area contributed by atoms with Crippen molar-refractivity contribution in [3.8, 4) is 0 Å². The maximum atomic E-state index is 6.28. The van der Waals surface area contributed by atoms with Crippen LogP contribution in [0.15, 0.2) is 60.8 Å². The Morgan fingerprint density at radius 1 is 1.08 bits per heavy atom. The van der Waals surface area contributed by atoms with Gasteiger partial charge in [-0.05, 0) is 35.8 Å². The van der Waals surface area contributed by atoms with Crippen molar-refractivity contribution in [1.82, 2.24) is 9.78 Å². The number of rotatable bonds is 5. The van der Waals surface area contributed by atoms with Crippen LogP contribution >= 0.6 is 23.8 Å². The Hall–Kier alpha value is -2.37. The highest BCUT2D eigenvalue weighted by atomic mass is 35.5. The van der Waals surface area contributed by atoms with Crippen LogP contribution in [0.5, 0.6) is 0 Å². The van der Waals surface area contributed by atoms with Gasteiger partial charge in [0.2, 0.25) is 0 Å². The molecule has 4 nitrogen and oxygen atoms in total. The fourth-order valence-corrected chi connectivity index (χ4v) is 2.95. The lowest BCUT2D eigenvalue weighted by molar-refractivity contribution is 0.690. The number of benzene rings is 2. The second kappa shape index (κ2) is 8.14. The number of para-hydroxylation sites is 1. The zero-order chi connectivity index (χ0) is 17.6. The van der Waals surface area contributed by atoms with Gasteiger partial charge in [-0.1, -0.05) is 67.1 Å². The van der Waals surface area contributed by atoms with Crippen LogP contribution in [-0.4, -0.2) is 14.9 Å². The second-order valence-electron chi connectivity index (χ2n) is 5.60. The van der Waals surface area contributed by atoms with Crippen molar-refractivity contribution in [3.63, 3.8) is 0 Å². The maximum Gasteiger partial charge on any atom is 0.176 e. The quantitative estimate of drug-likeness (QED) is 0.623. The molecule has 0 saturated carbocycles. The van der Waals surface area contributed by atoms with E-state index >= 15 is 0 Å². The monoisotopic (exact) mass is 370 g/mol.